The number of anilines is 2. The number of urea groups is 1. The summed E-state index contributed by atoms with van der Waals surface area (Å²) in [6, 6.07) is 11.0. The minimum absolute atomic E-state index is 0. The Hall–Kier alpha value is -4.30. The number of benzene rings is 2. The standard InChI is InChI=1S/C30H36F2N6O5S.CH4/c1-3-4-13-38(30(40)35-27-16-24(29(33)39)25(31)17-26(27)32)22-11-14-37(15-12-22)19-20-5-10-28(34-18-20)43-23-8-6-21(7-9-23)36-44(2,41)42;/h5-10,16-18,22,36H,3-4,11-15,19H2,1-2H3,(H2,33,39)(H,35,40);1H4. The number of carbonyl (C=O) groups is 2. The number of ether oxygens (including phenoxy) is 1. The zero-order valence-corrected chi connectivity index (χ0v) is 25.4. The molecule has 0 saturated carbocycles. The van der Waals surface area contributed by atoms with E-state index in [4.69, 9.17) is 10.5 Å². The fourth-order valence-corrected chi connectivity index (χ4v) is 5.50. The van der Waals surface area contributed by atoms with Crippen molar-refractivity contribution in [2.24, 2.45) is 5.73 Å². The molecule has 1 aliphatic rings. The number of amides is 3. The average molecular weight is 647 g/mol. The molecule has 4 N–H and O–H groups in total. The molecule has 0 radical (unpaired) electrons. The maximum Gasteiger partial charge on any atom is 0.322 e. The van der Waals surface area contributed by atoms with Crippen LogP contribution in [0.5, 0.6) is 11.6 Å². The van der Waals surface area contributed by atoms with Gasteiger partial charge < -0.3 is 20.7 Å². The monoisotopic (exact) mass is 646 g/mol. The van der Waals surface area contributed by atoms with Crippen molar-refractivity contribution in [1.29, 1.82) is 0 Å². The highest BCUT2D eigenvalue weighted by Gasteiger charge is 2.28. The minimum Gasteiger partial charge on any atom is -0.439 e. The molecule has 14 heteroatoms. The van der Waals surface area contributed by atoms with E-state index in [9.17, 15) is 26.8 Å². The fraction of sp³-hybridized carbons (Fsp3) is 0.387. The van der Waals surface area contributed by atoms with Crippen molar-refractivity contribution in [1.82, 2.24) is 14.8 Å². The zero-order valence-electron chi connectivity index (χ0n) is 24.6. The highest BCUT2D eigenvalue weighted by Crippen LogP contribution is 2.25. The largest absolute Gasteiger partial charge is 0.439 e. The quantitative estimate of drug-likeness (QED) is 0.234. The molecule has 244 valence electrons. The van der Waals surface area contributed by atoms with Crippen LogP contribution < -0.4 is 20.5 Å². The van der Waals surface area contributed by atoms with E-state index in [0.29, 0.717) is 49.3 Å². The Labute approximate surface area is 262 Å². The number of nitrogens with one attached hydrogen (secondary N) is 2. The van der Waals surface area contributed by atoms with Crippen LogP contribution >= 0.6 is 0 Å². The number of hydrogen-bond acceptors (Lipinski definition) is 7. The van der Waals surface area contributed by atoms with Crippen molar-refractivity contribution in [3.05, 3.63) is 77.5 Å². The van der Waals surface area contributed by atoms with Gasteiger partial charge in [0.25, 0.3) is 5.91 Å². The molecule has 0 unspecified atom stereocenters. The van der Waals surface area contributed by atoms with Crippen LogP contribution in [0.3, 0.4) is 0 Å². The Bertz CT molecular complexity index is 1560. The summed E-state index contributed by atoms with van der Waals surface area (Å²) in [5.41, 5.74) is 5.80. The molecular weight excluding hydrogens is 606 g/mol. The van der Waals surface area contributed by atoms with Crippen molar-refractivity contribution < 1.29 is 31.5 Å². The number of hydrogen-bond donors (Lipinski definition) is 3. The van der Waals surface area contributed by atoms with Gasteiger partial charge in [0.1, 0.15) is 17.4 Å². The van der Waals surface area contributed by atoms with Gasteiger partial charge in [0, 0.05) is 56.2 Å². The van der Waals surface area contributed by atoms with Crippen LogP contribution in [0.25, 0.3) is 0 Å². The summed E-state index contributed by atoms with van der Waals surface area (Å²) in [6.45, 7) is 4.59. The maximum atomic E-state index is 14.4. The van der Waals surface area contributed by atoms with Crippen LogP contribution in [0.2, 0.25) is 0 Å². The third-order valence-electron chi connectivity index (χ3n) is 7.16. The molecule has 1 aliphatic heterocycles. The topological polar surface area (TPSA) is 147 Å². The van der Waals surface area contributed by atoms with E-state index in [0.717, 1.165) is 43.8 Å². The molecule has 1 saturated heterocycles. The van der Waals surface area contributed by atoms with Crippen molar-refractivity contribution >= 4 is 33.3 Å². The van der Waals surface area contributed by atoms with Gasteiger partial charge in [-0.05, 0) is 55.2 Å². The predicted octanol–water partition coefficient (Wildman–Crippen LogP) is 5.56. The summed E-state index contributed by atoms with van der Waals surface area (Å²) >= 11 is 0. The molecule has 1 aromatic heterocycles. The van der Waals surface area contributed by atoms with Crippen LogP contribution in [-0.2, 0) is 16.6 Å². The SMILES string of the molecule is C.CCCCN(C(=O)Nc1cc(C(N)=O)c(F)cc1F)C1CCN(Cc2ccc(Oc3ccc(NS(C)(=O)=O)cc3)nc2)CC1. The third kappa shape index (κ3) is 10.1. The molecule has 3 aromatic rings. The Balaban J connectivity index is 0.00000552. The third-order valence-corrected chi connectivity index (χ3v) is 7.77. The second-order valence-electron chi connectivity index (χ2n) is 10.7. The van der Waals surface area contributed by atoms with E-state index in [-0.39, 0.29) is 19.2 Å². The van der Waals surface area contributed by atoms with Gasteiger partial charge in [0.2, 0.25) is 15.9 Å². The maximum absolute atomic E-state index is 14.4. The molecule has 4 rings (SSSR count). The van der Waals surface area contributed by atoms with E-state index < -0.39 is 39.2 Å². The van der Waals surface area contributed by atoms with Gasteiger partial charge in [-0.3, -0.25) is 14.4 Å². The number of halogens is 2. The normalized spacial score (nSPS) is 13.9. The number of sulfonamides is 1. The summed E-state index contributed by atoms with van der Waals surface area (Å²) in [6.07, 6.45) is 5.84. The van der Waals surface area contributed by atoms with Gasteiger partial charge in [-0.15, -0.1) is 0 Å². The fourth-order valence-electron chi connectivity index (χ4n) is 4.94. The van der Waals surface area contributed by atoms with Crippen LogP contribution in [0, 0.1) is 11.6 Å². The number of unbranched alkanes of at least 4 members (excludes halogenated alkanes) is 1. The number of likely N-dealkylation sites (tertiary alicyclic amines) is 1. The van der Waals surface area contributed by atoms with Crippen LogP contribution in [0.1, 0.15) is 56.0 Å². The molecule has 0 bridgehead atoms. The van der Waals surface area contributed by atoms with Crippen molar-refractivity contribution in [2.75, 3.05) is 35.9 Å². The molecule has 2 aromatic carbocycles. The van der Waals surface area contributed by atoms with Gasteiger partial charge in [-0.25, -0.2) is 27.0 Å². The van der Waals surface area contributed by atoms with Crippen molar-refractivity contribution in [2.45, 2.75) is 52.6 Å². The molecule has 45 heavy (non-hydrogen) atoms. The lowest BCUT2D eigenvalue weighted by Crippen LogP contribution is -2.49. The first-order valence-corrected chi connectivity index (χ1v) is 16.1. The molecule has 3 amide bonds. The lowest BCUT2D eigenvalue weighted by Gasteiger charge is -2.38. The van der Waals surface area contributed by atoms with E-state index >= 15 is 0 Å². The van der Waals surface area contributed by atoms with Crippen molar-refractivity contribution in [3.8, 4) is 11.6 Å². The molecule has 0 aliphatic carbocycles. The Morgan fingerprint density at radius 3 is 2.36 bits per heavy atom. The van der Waals surface area contributed by atoms with Gasteiger partial charge in [-0.2, -0.15) is 0 Å². The Morgan fingerprint density at radius 2 is 1.78 bits per heavy atom. The summed E-state index contributed by atoms with van der Waals surface area (Å²) < 4.78 is 59.2. The first-order chi connectivity index (χ1) is 20.9. The van der Waals surface area contributed by atoms with Crippen molar-refractivity contribution in [3.63, 3.8) is 0 Å². The summed E-state index contributed by atoms with van der Waals surface area (Å²) in [5.74, 6) is -2.22. The molecule has 0 spiro atoms. The number of primary amides is 1. The molecule has 0 atom stereocenters. The number of nitrogens with zero attached hydrogens (tertiary/aromatic N) is 3. The average Bonchev–Trinajstić information content (AvgIpc) is 2.96. The van der Waals surface area contributed by atoms with E-state index in [2.05, 4.69) is 19.9 Å². The molecular formula is C31H40F2N6O5S. The smallest absolute Gasteiger partial charge is 0.322 e. The van der Waals surface area contributed by atoms with E-state index in [1.54, 1.807) is 41.4 Å². The second-order valence-corrected chi connectivity index (χ2v) is 12.4. The summed E-state index contributed by atoms with van der Waals surface area (Å²) in [7, 11) is -3.36. The Morgan fingerprint density at radius 1 is 1.09 bits per heavy atom. The lowest BCUT2D eigenvalue weighted by atomic mass is 10.0. The number of nitrogens with two attached hydrogens (primary N) is 1. The van der Waals surface area contributed by atoms with Crippen LogP contribution in [0.4, 0.5) is 25.0 Å². The summed E-state index contributed by atoms with van der Waals surface area (Å²) in [4.78, 5) is 33.0. The van der Waals surface area contributed by atoms with Crippen LogP contribution in [0.15, 0.2) is 54.7 Å². The highest BCUT2D eigenvalue weighted by atomic mass is 32.2. The number of carbonyl (C=O) groups excluding carboxylic acids is 2. The highest BCUT2D eigenvalue weighted by molar-refractivity contribution is 7.92. The summed E-state index contributed by atoms with van der Waals surface area (Å²) in [5, 5.41) is 2.50. The first-order valence-electron chi connectivity index (χ1n) is 14.2. The second kappa shape index (κ2) is 15.6. The number of aromatic nitrogens is 1. The van der Waals surface area contributed by atoms with Gasteiger partial charge in [-0.1, -0.05) is 26.8 Å². The molecule has 11 nitrogen and oxygen atoms in total. The number of pyridine rings is 1. The van der Waals surface area contributed by atoms with Gasteiger partial charge in [0.15, 0.2) is 0 Å². The minimum atomic E-state index is -3.36. The zero-order chi connectivity index (χ0) is 31.9. The molecule has 2 heterocycles. The first kappa shape index (κ1) is 35.2. The number of rotatable bonds is 12. The number of piperidine rings is 1. The predicted molar refractivity (Wildman–Crippen MR) is 170 cm³/mol. The van der Waals surface area contributed by atoms with E-state index in [1.165, 1.54) is 0 Å². The van der Waals surface area contributed by atoms with Gasteiger partial charge >= 0.3 is 6.03 Å². The van der Waals surface area contributed by atoms with Crippen LogP contribution in [-0.4, -0.2) is 67.1 Å². The Kier molecular flexibility index (Phi) is 12.2. The lowest BCUT2D eigenvalue weighted by molar-refractivity contribution is 0.0996. The van der Waals surface area contributed by atoms with E-state index in [1.807, 2.05) is 13.0 Å². The molecule has 1 fully saturated rings. The van der Waals surface area contributed by atoms with Gasteiger partial charge in [0.05, 0.1) is 17.5 Å².